The monoisotopic (exact) mass is 352 g/mol. The largest absolute Gasteiger partial charge is 0.352 e. The molecule has 0 N–H and O–H groups in total. The summed E-state index contributed by atoms with van der Waals surface area (Å²) in [6.07, 6.45) is 0. The number of piperazine rings is 1. The smallest absolute Gasteiger partial charge is 0.225 e. The lowest BCUT2D eigenvalue weighted by Gasteiger charge is -2.35. The number of thiophene rings is 1. The van der Waals surface area contributed by atoms with Gasteiger partial charge in [-0.05, 0) is 43.5 Å². The van der Waals surface area contributed by atoms with Gasteiger partial charge in [-0.25, -0.2) is 9.97 Å². The Balaban J connectivity index is 1.43. The van der Waals surface area contributed by atoms with E-state index in [0.717, 1.165) is 59.9 Å². The molecule has 0 unspecified atom stereocenters. The predicted molar refractivity (Wildman–Crippen MR) is 101 cm³/mol. The molecule has 1 aliphatic rings. The Bertz CT molecular complexity index is 818. The molecule has 0 aromatic carbocycles. The highest BCUT2D eigenvalue weighted by atomic mass is 32.1. The molecule has 3 aromatic heterocycles. The molecule has 1 aliphatic heterocycles. The second-order valence-electron chi connectivity index (χ2n) is 6.18. The van der Waals surface area contributed by atoms with Crippen molar-refractivity contribution in [2.24, 2.45) is 0 Å². The molecule has 0 spiro atoms. The molecule has 128 valence electrons. The third-order valence-corrected chi connectivity index (χ3v) is 5.17. The summed E-state index contributed by atoms with van der Waals surface area (Å²) in [5, 5.41) is 10.8. The second kappa shape index (κ2) is 6.76. The van der Waals surface area contributed by atoms with Crippen LogP contribution in [-0.2, 0) is 0 Å². The average Bonchev–Trinajstić information content (AvgIpc) is 3.16. The van der Waals surface area contributed by atoms with Gasteiger partial charge in [-0.1, -0.05) is 6.07 Å². The maximum Gasteiger partial charge on any atom is 0.225 e. The Morgan fingerprint density at radius 2 is 1.60 bits per heavy atom. The molecule has 0 atom stereocenters. The number of hydrogen-bond donors (Lipinski definition) is 0. The zero-order valence-electron chi connectivity index (χ0n) is 14.4. The van der Waals surface area contributed by atoms with Crippen LogP contribution in [-0.4, -0.2) is 46.3 Å². The molecule has 25 heavy (non-hydrogen) atoms. The van der Waals surface area contributed by atoms with Crippen LogP contribution >= 0.6 is 11.3 Å². The van der Waals surface area contributed by atoms with Crippen molar-refractivity contribution >= 4 is 23.1 Å². The van der Waals surface area contributed by atoms with Crippen LogP contribution in [0, 0.1) is 13.8 Å². The molecule has 0 saturated carbocycles. The summed E-state index contributed by atoms with van der Waals surface area (Å²) in [6.45, 7) is 7.58. The van der Waals surface area contributed by atoms with E-state index in [4.69, 9.17) is 0 Å². The van der Waals surface area contributed by atoms with Gasteiger partial charge in [0.25, 0.3) is 0 Å². The minimum atomic E-state index is 0.830. The average molecular weight is 352 g/mol. The van der Waals surface area contributed by atoms with Crippen LogP contribution < -0.4 is 9.80 Å². The number of aromatic nitrogens is 4. The van der Waals surface area contributed by atoms with Crippen molar-refractivity contribution in [2.45, 2.75) is 13.8 Å². The van der Waals surface area contributed by atoms with E-state index in [1.54, 1.807) is 11.3 Å². The molecule has 4 heterocycles. The van der Waals surface area contributed by atoms with Gasteiger partial charge in [0.15, 0.2) is 5.82 Å². The number of rotatable bonds is 3. The molecular weight excluding hydrogens is 332 g/mol. The molecule has 0 radical (unpaired) electrons. The third kappa shape index (κ3) is 3.46. The van der Waals surface area contributed by atoms with Crippen molar-refractivity contribution in [1.29, 1.82) is 0 Å². The van der Waals surface area contributed by atoms with E-state index in [-0.39, 0.29) is 0 Å². The van der Waals surface area contributed by atoms with Crippen LogP contribution in [0.15, 0.2) is 35.7 Å². The fourth-order valence-corrected chi connectivity index (χ4v) is 3.72. The predicted octanol–water partition coefficient (Wildman–Crippen LogP) is 2.94. The van der Waals surface area contributed by atoms with Crippen LogP contribution in [0.1, 0.15) is 11.4 Å². The summed E-state index contributed by atoms with van der Waals surface area (Å²) < 4.78 is 0. The Morgan fingerprint density at radius 3 is 2.20 bits per heavy atom. The van der Waals surface area contributed by atoms with E-state index >= 15 is 0 Å². The quantitative estimate of drug-likeness (QED) is 0.722. The number of aryl methyl sites for hydroxylation is 2. The second-order valence-corrected chi connectivity index (χ2v) is 7.13. The van der Waals surface area contributed by atoms with Gasteiger partial charge in [-0.15, -0.1) is 21.5 Å². The molecular formula is C18H20N6S. The van der Waals surface area contributed by atoms with E-state index in [0.29, 0.717) is 0 Å². The van der Waals surface area contributed by atoms with Gasteiger partial charge in [0.05, 0.1) is 4.88 Å². The highest BCUT2D eigenvalue weighted by molar-refractivity contribution is 7.13. The topological polar surface area (TPSA) is 58.0 Å². The van der Waals surface area contributed by atoms with Gasteiger partial charge in [0, 0.05) is 37.6 Å². The van der Waals surface area contributed by atoms with E-state index in [2.05, 4.69) is 47.5 Å². The molecule has 3 aromatic rings. The Kier molecular flexibility index (Phi) is 4.31. The minimum absolute atomic E-state index is 0.830. The summed E-state index contributed by atoms with van der Waals surface area (Å²) in [7, 11) is 0. The Hall–Kier alpha value is -2.54. The minimum Gasteiger partial charge on any atom is -0.352 e. The zero-order chi connectivity index (χ0) is 17.2. The molecule has 7 heteroatoms. The third-order valence-electron chi connectivity index (χ3n) is 4.28. The molecule has 0 amide bonds. The molecule has 0 bridgehead atoms. The molecule has 6 nitrogen and oxygen atoms in total. The van der Waals surface area contributed by atoms with E-state index < -0.39 is 0 Å². The maximum absolute atomic E-state index is 4.57. The molecule has 0 aliphatic carbocycles. The molecule has 1 fully saturated rings. The van der Waals surface area contributed by atoms with Crippen LogP contribution in [0.2, 0.25) is 0 Å². The first kappa shape index (κ1) is 16.0. The Morgan fingerprint density at radius 1 is 0.880 bits per heavy atom. The van der Waals surface area contributed by atoms with Crippen molar-refractivity contribution in [3.05, 3.63) is 47.1 Å². The zero-order valence-corrected chi connectivity index (χ0v) is 15.2. The first-order valence-electron chi connectivity index (χ1n) is 8.39. The van der Waals surface area contributed by atoms with Gasteiger partial charge >= 0.3 is 0 Å². The van der Waals surface area contributed by atoms with Crippen molar-refractivity contribution in [2.75, 3.05) is 36.0 Å². The molecule has 4 rings (SSSR count). The Labute approximate surface area is 151 Å². The van der Waals surface area contributed by atoms with Crippen molar-refractivity contribution in [1.82, 2.24) is 20.2 Å². The summed E-state index contributed by atoms with van der Waals surface area (Å²) in [5.41, 5.74) is 2.96. The van der Waals surface area contributed by atoms with Crippen molar-refractivity contribution < 1.29 is 0 Å². The van der Waals surface area contributed by atoms with Crippen LogP contribution in [0.25, 0.3) is 10.6 Å². The lowest BCUT2D eigenvalue weighted by Crippen LogP contribution is -2.47. The van der Waals surface area contributed by atoms with Gasteiger partial charge in [-0.2, -0.15) is 0 Å². The van der Waals surface area contributed by atoms with Crippen LogP contribution in [0.3, 0.4) is 0 Å². The van der Waals surface area contributed by atoms with Crippen LogP contribution in [0.5, 0.6) is 0 Å². The molecule has 1 saturated heterocycles. The summed E-state index contributed by atoms with van der Waals surface area (Å²) in [4.78, 5) is 14.8. The fourth-order valence-electron chi connectivity index (χ4n) is 3.03. The summed E-state index contributed by atoms with van der Waals surface area (Å²) >= 11 is 1.68. The van der Waals surface area contributed by atoms with Gasteiger partial charge in [0.1, 0.15) is 5.69 Å². The standard InChI is InChI=1S/C18H20N6S/c1-13-12-14(2)20-18(19-13)24-9-7-23(8-10-24)17-6-5-15(21-22-17)16-4-3-11-25-16/h3-6,11-12H,7-10H2,1-2H3. The van der Waals surface area contributed by atoms with E-state index in [9.17, 15) is 0 Å². The maximum atomic E-state index is 4.57. The van der Waals surface area contributed by atoms with Gasteiger partial charge in [0.2, 0.25) is 5.95 Å². The highest BCUT2D eigenvalue weighted by Gasteiger charge is 2.20. The number of nitrogens with zero attached hydrogens (tertiary/aromatic N) is 6. The van der Waals surface area contributed by atoms with E-state index in [1.807, 2.05) is 32.0 Å². The lowest BCUT2D eigenvalue weighted by molar-refractivity contribution is 0.630. The van der Waals surface area contributed by atoms with Crippen LogP contribution in [0.4, 0.5) is 11.8 Å². The van der Waals surface area contributed by atoms with E-state index in [1.165, 1.54) is 0 Å². The van der Waals surface area contributed by atoms with Crippen molar-refractivity contribution in [3.63, 3.8) is 0 Å². The number of hydrogen-bond acceptors (Lipinski definition) is 7. The fraction of sp³-hybridized carbons (Fsp3) is 0.333. The normalized spacial score (nSPS) is 14.8. The van der Waals surface area contributed by atoms with Gasteiger partial charge in [-0.3, -0.25) is 0 Å². The summed E-state index contributed by atoms with van der Waals surface area (Å²) in [5.74, 6) is 1.76. The SMILES string of the molecule is Cc1cc(C)nc(N2CCN(c3ccc(-c4cccs4)nn3)CC2)n1. The van der Waals surface area contributed by atoms with Crippen molar-refractivity contribution in [3.8, 4) is 10.6 Å². The first-order valence-corrected chi connectivity index (χ1v) is 9.27. The first-order chi connectivity index (χ1) is 12.2. The number of anilines is 2. The highest BCUT2D eigenvalue weighted by Crippen LogP contribution is 2.23. The lowest BCUT2D eigenvalue weighted by atomic mass is 10.3. The van der Waals surface area contributed by atoms with Gasteiger partial charge < -0.3 is 9.80 Å². The summed E-state index contributed by atoms with van der Waals surface area (Å²) in [6, 6.07) is 10.2.